The van der Waals surface area contributed by atoms with Crippen LogP contribution in [0.4, 0.5) is 0 Å². The predicted octanol–water partition coefficient (Wildman–Crippen LogP) is 1.41. The largest absolute Gasteiger partial charge is 0.392 e. The van der Waals surface area contributed by atoms with Crippen LogP contribution in [0.1, 0.15) is 26.7 Å². The van der Waals surface area contributed by atoms with E-state index in [1.165, 1.54) is 0 Å². The first-order valence-corrected chi connectivity index (χ1v) is 4.60. The third-order valence-electron chi connectivity index (χ3n) is 2.73. The summed E-state index contributed by atoms with van der Waals surface area (Å²) in [7, 11) is 0. The molecule has 1 saturated heterocycles. The zero-order chi connectivity index (χ0) is 9.19. The fraction of sp³-hybridized carbons (Fsp3) is 0.800. The van der Waals surface area contributed by atoms with Gasteiger partial charge in [0.2, 0.25) is 0 Å². The monoisotopic (exact) mass is 169 g/mol. The Balaban J connectivity index is 2.58. The van der Waals surface area contributed by atoms with E-state index in [0.29, 0.717) is 0 Å². The van der Waals surface area contributed by atoms with Crippen molar-refractivity contribution in [3.05, 3.63) is 12.7 Å². The average Bonchev–Trinajstić information content (AvgIpc) is 1.98. The molecule has 0 aromatic carbocycles. The fourth-order valence-electron chi connectivity index (χ4n) is 1.75. The minimum absolute atomic E-state index is 0.141. The first kappa shape index (κ1) is 9.75. The zero-order valence-electron chi connectivity index (χ0n) is 8.08. The van der Waals surface area contributed by atoms with Gasteiger partial charge in [0.25, 0.3) is 0 Å². The minimum atomic E-state index is -0.141. The van der Waals surface area contributed by atoms with Gasteiger partial charge in [0.15, 0.2) is 0 Å². The molecule has 0 spiro atoms. The molecule has 0 aliphatic carbocycles. The van der Waals surface area contributed by atoms with Gasteiger partial charge in [0.05, 0.1) is 6.10 Å². The van der Waals surface area contributed by atoms with E-state index in [9.17, 15) is 5.11 Å². The van der Waals surface area contributed by atoms with Crippen molar-refractivity contribution in [1.29, 1.82) is 0 Å². The Morgan fingerprint density at radius 2 is 2.33 bits per heavy atom. The highest BCUT2D eigenvalue weighted by atomic mass is 16.3. The molecule has 1 atom stereocenters. The second-order valence-corrected chi connectivity index (χ2v) is 4.20. The second kappa shape index (κ2) is 3.58. The lowest BCUT2D eigenvalue weighted by Crippen LogP contribution is -2.51. The summed E-state index contributed by atoms with van der Waals surface area (Å²) >= 11 is 0. The Hall–Kier alpha value is -0.340. The molecule has 2 nitrogen and oxygen atoms in total. The Morgan fingerprint density at radius 1 is 1.67 bits per heavy atom. The molecular formula is C10H19NO. The summed E-state index contributed by atoms with van der Waals surface area (Å²) in [6.07, 6.45) is 3.76. The molecule has 0 bridgehead atoms. The van der Waals surface area contributed by atoms with Crippen LogP contribution in [-0.4, -0.2) is 34.7 Å². The first-order chi connectivity index (χ1) is 5.56. The molecule has 70 valence electrons. The van der Waals surface area contributed by atoms with Crippen LogP contribution in [0.3, 0.4) is 0 Å². The summed E-state index contributed by atoms with van der Waals surface area (Å²) in [5.74, 6) is 0. The van der Waals surface area contributed by atoms with Crippen molar-refractivity contribution < 1.29 is 5.11 Å². The molecule has 1 N–H and O–H groups in total. The van der Waals surface area contributed by atoms with Crippen molar-refractivity contribution in [3.63, 3.8) is 0 Å². The molecule has 12 heavy (non-hydrogen) atoms. The molecule has 0 radical (unpaired) electrons. The smallest absolute Gasteiger partial charge is 0.0668 e. The minimum Gasteiger partial charge on any atom is -0.392 e. The van der Waals surface area contributed by atoms with E-state index in [1.54, 1.807) is 0 Å². The van der Waals surface area contributed by atoms with Crippen LogP contribution in [0, 0.1) is 0 Å². The lowest BCUT2D eigenvalue weighted by atomic mass is 9.89. The number of likely N-dealkylation sites (tertiary alicyclic amines) is 1. The van der Waals surface area contributed by atoms with E-state index in [2.05, 4.69) is 25.3 Å². The SMILES string of the molecule is C=CCN1CC(O)CCC1(C)C. The molecule has 1 fully saturated rings. The molecule has 1 rings (SSSR count). The third kappa shape index (κ3) is 2.08. The molecule has 2 heteroatoms. The van der Waals surface area contributed by atoms with E-state index in [1.807, 2.05) is 6.08 Å². The fourth-order valence-corrected chi connectivity index (χ4v) is 1.75. The van der Waals surface area contributed by atoms with Gasteiger partial charge in [-0.15, -0.1) is 6.58 Å². The maximum atomic E-state index is 9.46. The van der Waals surface area contributed by atoms with Crippen LogP contribution in [0.15, 0.2) is 12.7 Å². The topological polar surface area (TPSA) is 23.5 Å². The number of piperidine rings is 1. The number of aliphatic hydroxyl groups is 1. The van der Waals surface area contributed by atoms with Gasteiger partial charge in [-0.05, 0) is 26.7 Å². The van der Waals surface area contributed by atoms with E-state index in [0.717, 1.165) is 25.9 Å². The zero-order valence-corrected chi connectivity index (χ0v) is 8.08. The molecule has 1 aliphatic heterocycles. The highest BCUT2D eigenvalue weighted by Gasteiger charge is 2.32. The molecular weight excluding hydrogens is 150 g/mol. The normalized spacial score (nSPS) is 30.1. The van der Waals surface area contributed by atoms with Gasteiger partial charge < -0.3 is 5.11 Å². The standard InChI is InChI=1S/C10H19NO/c1-4-7-11-8-9(12)5-6-10(11,2)3/h4,9,12H,1,5-8H2,2-3H3. The van der Waals surface area contributed by atoms with Gasteiger partial charge in [0.1, 0.15) is 0 Å². The average molecular weight is 169 g/mol. The molecule has 1 heterocycles. The van der Waals surface area contributed by atoms with Crippen molar-refractivity contribution >= 4 is 0 Å². The van der Waals surface area contributed by atoms with Crippen LogP contribution < -0.4 is 0 Å². The maximum absolute atomic E-state index is 9.46. The number of aliphatic hydroxyl groups excluding tert-OH is 1. The van der Waals surface area contributed by atoms with Crippen LogP contribution in [0.5, 0.6) is 0 Å². The van der Waals surface area contributed by atoms with E-state index in [4.69, 9.17) is 0 Å². The summed E-state index contributed by atoms with van der Waals surface area (Å²) < 4.78 is 0. The van der Waals surface area contributed by atoms with Crippen LogP contribution in [0.2, 0.25) is 0 Å². The molecule has 0 aromatic rings. The summed E-state index contributed by atoms with van der Waals surface area (Å²) in [5.41, 5.74) is 0.230. The summed E-state index contributed by atoms with van der Waals surface area (Å²) in [6.45, 7) is 9.84. The Bertz CT molecular complexity index is 165. The maximum Gasteiger partial charge on any atom is 0.0668 e. The second-order valence-electron chi connectivity index (χ2n) is 4.20. The molecule has 0 amide bonds. The van der Waals surface area contributed by atoms with Crippen molar-refractivity contribution in [2.24, 2.45) is 0 Å². The molecule has 1 unspecified atom stereocenters. The lowest BCUT2D eigenvalue weighted by Gasteiger charge is -2.43. The third-order valence-corrected chi connectivity index (χ3v) is 2.73. The first-order valence-electron chi connectivity index (χ1n) is 4.60. The van der Waals surface area contributed by atoms with Crippen molar-refractivity contribution in [3.8, 4) is 0 Å². The quantitative estimate of drug-likeness (QED) is 0.632. The van der Waals surface area contributed by atoms with Gasteiger partial charge in [-0.3, -0.25) is 4.90 Å². The number of hydrogen-bond donors (Lipinski definition) is 1. The van der Waals surface area contributed by atoms with E-state index < -0.39 is 0 Å². The highest BCUT2D eigenvalue weighted by Crippen LogP contribution is 2.26. The molecule has 0 aromatic heterocycles. The van der Waals surface area contributed by atoms with Crippen LogP contribution in [-0.2, 0) is 0 Å². The van der Waals surface area contributed by atoms with Gasteiger partial charge >= 0.3 is 0 Å². The van der Waals surface area contributed by atoms with Gasteiger partial charge in [-0.25, -0.2) is 0 Å². The van der Waals surface area contributed by atoms with Crippen molar-refractivity contribution in [2.45, 2.75) is 38.3 Å². The van der Waals surface area contributed by atoms with Crippen molar-refractivity contribution in [2.75, 3.05) is 13.1 Å². The predicted molar refractivity (Wildman–Crippen MR) is 51.1 cm³/mol. The summed E-state index contributed by atoms with van der Waals surface area (Å²) in [5, 5.41) is 9.46. The van der Waals surface area contributed by atoms with Crippen molar-refractivity contribution in [1.82, 2.24) is 4.90 Å². The van der Waals surface area contributed by atoms with E-state index >= 15 is 0 Å². The lowest BCUT2D eigenvalue weighted by molar-refractivity contribution is 0.00327. The van der Waals surface area contributed by atoms with Crippen LogP contribution >= 0.6 is 0 Å². The molecule has 0 saturated carbocycles. The summed E-state index contributed by atoms with van der Waals surface area (Å²) in [6, 6.07) is 0. The Morgan fingerprint density at radius 3 is 2.92 bits per heavy atom. The number of nitrogens with zero attached hydrogens (tertiary/aromatic N) is 1. The Labute approximate surface area is 74.9 Å². The highest BCUT2D eigenvalue weighted by molar-refractivity contribution is 4.91. The molecule has 1 aliphatic rings. The van der Waals surface area contributed by atoms with Gasteiger partial charge in [-0.2, -0.15) is 0 Å². The number of rotatable bonds is 2. The number of β-amino-alcohol motifs (C(OH)–C–C–N with tert-alkyl or cyclic N) is 1. The van der Waals surface area contributed by atoms with Gasteiger partial charge in [-0.1, -0.05) is 6.08 Å². The van der Waals surface area contributed by atoms with Crippen LogP contribution in [0.25, 0.3) is 0 Å². The summed E-state index contributed by atoms with van der Waals surface area (Å²) in [4.78, 5) is 2.29. The number of hydrogen-bond acceptors (Lipinski definition) is 2. The van der Waals surface area contributed by atoms with Gasteiger partial charge in [0, 0.05) is 18.6 Å². The Kier molecular flexibility index (Phi) is 2.91. The van der Waals surface area contributed by atoms with E-state index in [-0.39, 0.29) is 11.6 Å².